The zero-order valence-electron chi connectivity index (χ0n) is 12.1. The molecule has 1 saturated carbocycles. The predicted molar refractivity (Wildman–Crippen MR) is 74.6 cm³/mol. The molecule has 3 nitrogen and oxygen atoms in total. The molecule has 0 bridgehead atoms. The number of hydrogen-bond acceptors (Lipinski definition) is 2. The topological polar surface area (TPSA) is 49.3 Å². The molecule has 1 fully saturated rings. The smallest absolute Gasteiger partial charge is 0.320 e. The average molecular weight is 255 g/mol. The van der Waals surface area contributed by atoms with Crippen molar-refractivity contribution in [1.82, 2.24) is 5.32 Å². The lowest BCUT2D eigenvalue weighted by atomic mass is 9.80. The third-order valence-electron chi connectivity index (χ3n) is 4.13. The zero-order chi connectivity index (χ0) is 13.5. The van der Waals surface area contributed by atoms with Gasteiger partial charge in [-0.25, -0.2) is 0 Å². The van der Waals surface area contributed by atoms with E-state index in [0.29, 0.717) is 0 Å². The second-order valence-corrected chi connectivity index (χ2v) is 6.29. The number of carbonyl (C=O) groups is 1. The van der Waals surface area contributed by atoms with E-state index in [0.717, 1.165) is 24.8 Å². The van der Waals surface area contributed by atoms with Crippen LogP contribution in [-0.4, -0.2) is 23.7 Å². The molecule has 1 aliphatic rings. The second-order valence-electron chi connectivity index (χ2n) is 6.29. The lowest BCUT2D eigenvalue weighted by Crippen LogP contribution is -2.41. The quantitative estimate of drug-likeness (QED) is 0.686. The van der Waals surface area contributed by atoms with Crippen molar-refractivity contribution < 1.29 is 9.90 Å². The van der Waals surface area contributed by atoms with Gasteiger partial charge in [0, 0.05) is 0 Å². The largest absolute Gasteiger partial charge is 0.480 e. The summed E-state index contributed by atoms with van der Waals surface area (Å²) in [5.74, 6) is 1.19. The minimum absolute atomic E-state index is 0.150. The minimum atomic E-state index is -0.726. The van der Waals surface area contributed by atoms with Gasteiger partial charge in [0.1, 0.15) is 6.04 Å². The van der Waals surface area contributed by atoms with Gasteiger partial charge in [-0.1, -0.05) is 40.0 Å². The highest BCUT2D eigenvalue weighted by molar-refractivity contribution is 5.73. The Morgan fingerprint density at radius 1 is 1.39 bits per heavy atom. The summed E-state index contributed by atoms with van der Waals surface area (Å²) in [6.07, 6.45) is 7.87. The van der Waals surface area contributed by atoms with Crippen molar-refractivity contribution in [3.05, 3.63) is 0 Å². The summed E-state index contributed by atoms with van der Waals surface area (Å²) in [6.45, 7) is 7.09. The molecule has 0 radical (unpaired) electrons. The third kappa shape index (κ3) is 5.38. The lowest BCUT2D eigenvalue weighted by Gasteiger charge is -2.27. The molecule has 3 heteroatoms. The van der Waals surface area contributed by atoms with Gasteiger partial charge in [-0.15, -0.1) is 0 Å². The fourth-order valence-corrected chi connectivity index (χ4v) is 3.08. The maximum atomic E-state index is 11.0. The van der Waals surface area contributed by atoms with E-state index in [9.17, 15) is 4.79 Å². The predicted octanol–water partition coefficient (Wildman–Crippen LogP) is 3.29. The lowest BCUT2D eigenvalue weighted by molar-refractivity contribution is -0.140. The molecule has 3 atom stereocenters. The molecule has 18 heavy (non-hydrogen) atoms. The van der Waals surface area contributed by atoms with E-state index < -0.39 is 12.0 Å². The highest BCUT2D eigenvalue weighted by atomic mass is 16.4. The Morgan fingerprint density at radius 2 is 2.11 bits per heavy atom. The van der Waals surface area contributed by atoms with Crippen molar-refractivity contribution in [2.24, 2.45) is 17.8 Å². The zero-order valence-corrected chi connectivity index (χ0v) is 12.1. The van der Waals surface area contributed by atoms with Gasteiger partial charge in [-0.2, -0.15) is 0 Å². The maximum absolute atomic E-state index is 11.0. The monoisotopic (exact) mass is 255 g/mol. The first kappa shape index (κ1) is 15.5. The molecular weight excluding hydrogens is 226 g/mol. The SMILES string of the molecule is CC1CCCC(CCCNC(C(=O)O)C(C)C)C1. The van der Waals surface area contributed by atoms with Crippen molar-refractivity contribution in [3.8, 4) is 0 Å². The molecule has 0 spiro atoms. The standard InChI is InChI=1S/C15H29NO2/c1-11(2)14(15(17)18)16-9-5-8-13-7-4-6-12(3)10-13/h11-14,16H,4-10H2,1-3H3,(H,17,18). The van der Waals surface area contributed by atoms with E-state index >= 15 is 0 Å². The number of nitrogens with one attached hydrogen (secondary N) is 1. The Hall–Kier alpha value is -0.570. The molecule has 2 N–H and O–H groups in total. The van der Waals surface area contributed by atoms with Crippen LogP contribution in [0, 0.1) is 17.8 Å². The summed E-state index contributed by atoms with van der Waals surface area (Å²) in [7, 11) is 0. The Kier molecular flexibility index (Phi) is 6.69. The second kappa shape index (κ2) is 7.78. The van der Waals surface area contributed by atoms with Gasteiger partial charge in [0.05, 0.1) is 0 Å². The van der Waals surface area contributed by atoms with Gasteiger partial charge >= 0.3 is 5.97 Å². The summed E-state index contributed by atoms with van der Waals surface area (Å²) in [6, 6.07) is -0.393. The Bertz CT molecular complexity index is 253. The average Bonchev–Trinajstić information content (AvgIpc) is 2.27. The van der Waals surface area contributed by atoms with Crippen LogP contribution in [0.25, 0.3) is 0 Å². The van der Waals surface area contributed by atoms with Crippen LogP contribution in [0.1, 0.15) is 59.3 Å². The maximum Gasteiger partial charge on any atom is 0.320 e. The van der Waals surface area contributed by atoms with Crippen LogP contribution in [0.15, 0.2) is 0 Å². The molecule has 0 aromatic rings. The molecule has 0 heterocycles. The molecule has 3 unspecified atom stereocenters. The minimum Gasteiger partial charge on any atom is -0.480 e. The van der Waals surface area contributed by atoms with Crippen molar-refractivity contribution in [2.45, 2.75) is 65.3 Å². The van der Waals surface area contributed by atoms with Gasteiger partial charge in [0.2, 0.25) is 0 Å². The van der Waals surface area contributed by atoms with Crippen molar-refractivity contribution in [1.29, 1.82) is 0 Å². The Balaban J connectivity index is 2.15. The molecule has 1 aliphatic carbocycles. The van der Waals surface area contributed by atoms with Crippen LogP contribution >= 0.6 is 0 Å². The number of carboxylic acids is 1. The number of aliphatic carboxylic acids is 1. The molecular formula is C15H29NO2. The van der Waals surface area contributed by atoms with Crippen molar-refractivity contribution >= 4 is 5.97 Å². The summed E-state index contributed by atoms with van der Waals surface area (Å²) in [5.41, 5.74) is 0. The molecule has 1 rings (SSSR count). The molecule has 0 aromatic carbocycles. The van der Waals surface area contributed by atoms with Gasteiger partial charge in [-0.05, 0) is 43.6 Å². The highest BCUT2D eigenvalue weighted by Gasteiger charge is 2.21. The Labute approximate surface area is 111 Å². The van der Waals surface area contributed by atoms with E-state index in [-0.39, 0.29) is 5.92 Å². The van der Waals surface area contributed by atoms with E-state index in [1.807, 2.05) is 13.8 Å². The third-order valence-corrected chi connectivity index (χ3v) is 4.13. The van der Waals surface area contributed by atoms with Crippen molar-refractivity contribution in [2.75, 3.05) is 6.54 Å². The van der Waals surface area contributed by atoms with Gasteiger partial charge < -0.3 is 10.4 Å². The van der Waals surface area contributed by atoms with E-state index in [1.165, 1.54) is 32.1 Å². The molecule has 0 aliphatic heterocycles. The van der Waals surface area contributed by atoms with Crippen LogP contribution in [-0.2, 0) is 4.79 Å². The van der Waals surface area contributed by atoms with E-state index in [1.54, 1.807) is 0 Å². The van der Waals surface area contributed by atoms with Gasteiger partial charge in [0.25, 0.3) is 0 Å². The molecule has 0 saturated heterocycles. The first-order valence-corrected chi connectivity index (χ1v) is 7.47. The van der Waals surface area contributed by atoms with Crippen LogP contribution in [0.3, 0.4) is 0 Å². The van der Waals surface area contributed by atoms with Crippen molar-refractivity contribution in [3.63, 3.8) is 0 Å². The normalized spacial score (nSPS) is 26.2. The number of hydrogen-bond donors (Lipinski definition) is 2. The van der Waals surface area contributed by atoms with E-state index in [2.05, 4.69) is 12.2 Å². The summed E-state index contributed by atoms with van der Waals surface area (Å²) in [4.78, 5) is 11.0. The van der Waals surface area contributed by atoms with Crippen LogP contribution in [0.2, 0.25) is 0 Å². The number of rotatable bonds is 7. The van der Waals surface area contributed by atoms with Crippen LogP contribution in [0.5, 0.6) is 0 Å². The molecule has 0 aromatic heterocycles. The molecule has 0 amide bonds. The van der Waals surface area contributed by atoms with Crippen LogP contribution in [0.4, 0.5) is 0 Å². The number of carboxylic acid groups (broad SMARTS) is 1. The fraction of sp³-hybridized carbons (Fsp3) is 0.933. The fourth-order valence-electron chi connectivity index (χ4n) is 3.08. The summed E-state index contributed by atoms with van der Waals surface area (Å²) in [5, 5.41) is 12.2. The molecule has 106 valence electrons. The summed E-state index contributed by atoms with van der Waals surface area (Å²) >= 11 is 0. The highest BCUT2D eigenvalue weighted by Crippen LogP contribution is 2.31. The van der Waals surface area contributed by atoms with Gasteiger partial charge in [-0.3, -0.25) is 4.79 Å². The first-order valence-electron chi connectivity index (χ1n) is 7.47. The Morgan fingerprint density at radius 3 is 2.67 bits per heavy atom. The summed E-state index contributed by atoms with van der Waals surface area (Å²) < 4.78 is 0. The van der Waals surface area contributed by atoms with Crippen LogP contribution < -0.4 is 5.32 Å². The van der Waals surface area contributed by atoms with Gasteiger partial charge in [0.15, 0.2) is 0 Å². The van der Waals surface area contributed by atoms with E-state index in [4.69, 9.17) is 5.11 Å². The first-order chi connectivity index (χ1) is 8.50.